The van der Waals surface area contributed by atoms with Crippen LogP contribution in [0, 0.1) is 11.7 Å². The molecule has 2 amide bonds. The van der Waals surface area contributed by atoms with Crippen LogP contribution in [-0.4, -0.2) is 47.8 Å². The summed E-state index contributed by atoms with van der Waals surface area (Å²) >= 11 is 0. The molecule has 4 nitrogen and oxygen atoms in total. The molecule has 0 radical (unpaired) electrons. The van der Waals surface area contributed by atoms with E-state index in [0.29, 0.717) is 37.9 Å². The van der Waals surface area contributed by atoms with E-state index in [0.717, 1.165) is 0 Å². The van der Waals surface area contributed by atoms with Gasteiger partial charge in [-0.1, -0.05) is 25.1 Å². The van der Waals surface area contributed by atoms with Crippen LogP contribution in [0.5, 0.6) is 0 Å². The smallest absolute Gasteiger partial charge is 0.225 e. The maximum Gasteiger partial charge on any atom is 0.225 e. The number of halogens is 1. The second-order valence-corrected chi connectivity index (χ2v) is 7.32. The van der Waals surface area contributed by atoms with Crippen molar-refractivity contribution in [3.8, 4) is 0 Å². The van der Waals surface area contributed by atoms with Gasteiger partial charge >= 0.3 is 0 Å². The second kappa shape index (κ2) is 8.45. The first kappa shape index (κ1) is 19.4. The van der Waals surface area contributed by atoms with E-state index in [4.69, 9.17) is 0 Å². The highest BCUT2D eigenvalue weighted by atomic mass is 19.1. The molecular formula is C20H29FN2O2. The minimum Gasteiger partial charge on any atom is -0.343 e. The number of carbonyl (C=O) groups excluding carboxylic acids is 2. The number of rotatable bonds is 5. The van der Waals surface area contributed by atoms with E-state index in [2.05, 4.69) is 0 Å². The highest BCUT2D eigenvalue weighted by molar-refractivity contribution is 5.80. The lowest BCUT2D eigenvalue weighted by molar-refractivity contribution is -0.141. The van der Waals surface area contributed by atoms with Crippen LogP contribution >= 0.6 is 0 Å². The molecule has 138 valence electrons. The lowest BCUT2D eigenvalue weighted by atomic mass is 9.93. The van der Waals surface area contributed by atoms with Crippen LogP contribution in [0.1, 0.15) is 51.5 Å². The molecule has 0 saturated carbocycles. The molecule has 1 aliphatic rings. The molecule has 1 aromatic carbocycles. The number of piperidine rings is 1. The Labute approximate surface area is 150 Å². The standard InChI is InChI=1S/C20H29FN2O2/c1-14(2)22(4)20(25)16-9-11-23(12-10-16)19(24)13-15(3)17-7-5-6-8-18(17)21/h5-8,14-16H,9-13H2,1-4H3/t15-/m1/s1. The Balaban J connectivity index is 1.87. The summed E-state index contributed by atoms with van der Waals surface area (Å²) in [4.78, 5) is 28.5. The van der Waals surface area contributed by atoms with Gasteiger partial charge in [0.05, 0.1) is 0 Å². The molecular weight excluding hydrogens is 319 g/mol. The van der Waals surface area contributed by atoms with Crippen LogP contribution in [0.25, 0.3) is 0 Å². The van der Waals surface area contributed by atoms with Gasteiger partial charge in [-0.15, -0.1) is 0 Å². The largest absolute Gasteiger partial charge is 0.343 e. The number of hydrogen-bond acceptors (Lipinski definition) is 2. The van der Waals surface area contributed by atoms with Gasteiger partial charge < -0.3 is 9.80 Å². The highest BCUT2D eigenvalue weighted by Crippen LogP contribution is 2.25. The van der Waals surface area contributed by atoms with Crippen LogP contribution in [0.4, 0.5) is 4.39 Å². The van der Waals surface area contributed by atoms with Crippen molar-refractivity contribution >= 4 is 11.8 Å². The Kier molecular flexibility index (Phi) is 6.57. The summed E-state index contributed by atoms with van der Waals surface area (Å²) in [7, 11) is 1.83. The molecule has 1 aliphatic heterocycles. The van der Waals surface area contributed by atoms with Crippen LogP contribution in [-0.2, 0) is 9.59 Å². The Morgan fingerprint density at radius 2 is 1.80 bits per heavy atom. The SMILES string of the molecule is CC(C)N(C)C(=O)C1CCN(C(=O)C[C@@H](C)c2ccccc2F)CC1. The predicted molar refractivity (Wildman–Crippen MR) is 96.6 cm³/mol. The van der Waals surface area contributed by atoms with Gasteiger partial charge in [-0.2, -0.15) is 0 Å². The van der Waals surface area contributed by atoms with Crippen molar-refractivity contribution in [1.29, 1.82) is 0 Å². The Bertz CT molecular complexity index is 609. The maximum absolute atomic E-state index is 13.8. The van der Waals surface area contributed by atoms with E-state index < -0.39 is 0 Å². The van der Waals surface area contributed by atoms with Gasteiger partial charge in [-0.05, 0) is 44.2 Å². The number of carbonyl (C=O) groups is 2. The van der Waals surface area contributed by atoms with Crippen molar-refractivity contribution in [3.63, 3.8) is 0 Å². The molecule has 1 heterocycles. The number of benzene rings is 1. The Hall–Kier alpha value is -1.91. The van der Waals surface area contributed by atoms with Crippen LogP contribution < -0.4 is 0 Å². The third-order valence-electron chi connectivity index (χ3n) is 5.24. The molecule has 2 rings (SSSR count). The zero-order valence-electron chi connectivity index (χ0n) is 15.7. The van der Waals surface area contributed by atoms with E-state index in [-0.39, 0.29) is 35.5 Å². The maximum atomic E-state index is 13.8. The average molecular weight is 348 g/mol. The van der Waals surface area contributed by atoms with Gasteiger partial charge in [-0.25, -0.2) is 4.39 Å². The molecule has 0 spiro atoms. The van der Waals surface area contributed by atoms with Crippen molar-refractivity contribution < 1.29 is 14.0 Å². The number of hydrogen-bond donors (Lipinski definition) is 0. The fourth-order valence-electron chi connectivity index (χ4n) is 3.29. The molecule has 25 heavy (non-hydrogen) atoms. The summed E-state index contributed by atoms with van der Waals surface area (Å²) in [6.07, 6.45) is 1.71. The summed E-state index contributed by atoms with van der Waals surface area (Å²) in [5.41, 5.74) is 0.583. The average Bonchev–Trinajstić information content (AvgIpc) is 2.60. The summed E-state index contributed by atoms with van der Waals surface area (Å²) in [6.45, 7) is 7.09. The molecule has 0 aromatic heterocycles. The molecule has 0 bridgehead atoms. The zero-order chi connectivity index (χ0) is 18.6. The van der Waals surface area contributed by atoms with Gasteiger partial charge in [0.1, 0.15) is 5.82 Å². The van der Waals surface area contributed by atoms with Gasteiger partial charge in [0, 0.05) is 38.5 Å². The monoisotopic (exact) mass is 348 g/mol. The van der Waals surface area contributed by atoms with Crippen molar-refractivity contribution in [2.45, 2.75) is 52.0 Å². The lowest BCUT2D eigenvalue weighted by Gasteiger charge is -2.34. The third kappa shape index (κ3) is 4.80. The molecule has 1 aromatic rings. The first-order valence-electron chi connectivity index (χ1n) is 9.10. The first-order chi connectivity index (χ1) is 11.8. The summed E-state index contributed by atoms with van der Waals surface area (Å²) in [5.74, 6) is -0.204. The van der Waals surface area contributed by atoms with Crippen molar-refractivity contribution in [2.24, 2.45) is 5.92 Å². The van der Waals surface area contributed by atoms with Crippen molar-refractivity contribution in [2.75, 3.05) is 20.1 Å². The zero-order valence-corrected chi connectivity index (χ0v) is 15.7. The van der Waals surface area contributed by atoms with Gasteiger partial charge in [0.25, 0.3) is 0 Å². The van der Waals surface area contributed by atoms with Gasteiger partial charge in [-0.3, -0.25) is 9.59 Å². The molecule has 5 heteroatoms. The fourth-order valence-corrected chi connectivity index (χ4v) is 3.29. The van der Waals surface area contributed by atoms with E-state index in [1.165, 1.54) is 6.07 Å². The fraction of sp³-hybridized carbons (Fsp3) is 0.600. The lowest BCUT2D eigenvalue weighted by Crippen LogP contribution is -2.45. The normalized spacial score (nSPS) is 16.8. The van der Waals surface area contributed by atoms with E-state index >= 15 is 0 Å². The summed E-state index contributed by atoms with van der Waals surface area (Å²) in [5, 5.41) is 0. The molecule has 1 atom stereocenters. The third-order valence-corrected chi connectivity index (χ3v) is 5.24. The summed E-state index contributed by atoms with van der Waals surface area (Å²) in [6, 6.07) is 6.80. The van der Waals surface area contributed by atoms with Gasteiger partial charge in [0.15, 0.2) is 0 Å². The van der Waals surface area contributed by atoms with Crippen LogP contribution in [0.15, 0.2) is 24.3 Å². The van der Waals surface area contributed by atoms with E-state index in [9.17, 15) is 14.0 Å². The quantitative estimate of drug-likeness (QED) is 0.818. The van der Waals surface area contributed by atoms with Crippen LogP contribution in [0.2, 0.25) is 0 Å². The predicted octanol–water partition coefficient (Wildman–Crippen LogP) is 3.42. The number of likely N-dealkylation sites (tertiary alicyclic amines) is 1. The molecule has 1 saturated heterocycles. The van der Waals surface area contributed by atoms with E-state index in [1.807, 2.05) is 32.7 Å². The first-order valence-corrected chi connectivity index (χ1v) is 9.10. The highest BCUT2D eigenvalue weighted by Gasteiger charge is 2.30. The molecule has 0 aliphatic carbocycles. The molecule has 1 fully saturated rings. The molecule has 0 unspecified atom stereocenters. The Morgan fingerprint density at radius 1 is 1.20 bits per heavy atom. The minimum atomic E-state index is -0.260. The summed E-state index contributed by atoms with van der Waals surface area (Å²) < 4.78 is 13.8. The Morgan fingerprint density at radius 3 is 2.36 bits per heavy atom. The minimum absolute atomic E-state index is 0.000409. The van der Waals surface area contributed by atoms with E-state index in [1.54, 1.807) is 23.1 Å². The second-order valence-electron chi connectivity index (χ2n) is 7.32. The number of amides is 2. The van der Waals surface area contributed by atoms with Crippen molar-refractivity contribution in [1.82, 2.24) is 9.80 Å². The van der Waals surface area contributed by atoms with Gasteiger partial charge in [0.2, 0.25) is 11.8 Å². The topological polar surface area (TPSA) is 40.6 Å². The van der Waals surface area contributed by atoms with Crippen molar-refractivity contribution in [3.05, 3.63) is 35.6 Å². The molecule has 0 N–H and O–H groups in total. The van der Waals surface area contributed by atoms with Crippen LogP contribution in [0.3, 0.4) is 0 Å². The number of nitrogens with zero attached hydrogens (tertiary/aromatic N) is 2.